The van der Waals surface area contributed by atoms with Gasteiger partial charge in [-0.15, -0.1) is 0 Å². The fourth-order valence-electron chi connectivity index (χ4n) is 2.70. The molecule has 0 aliphatic carbocycles. The van der Waals surface area contributed by atoms with Crippen LogP contribution in [0.25, 0.3) is 11.4 Å². The van der Waals surface area contributed by atoms with Gasteiger partial charge in [0, 0.05) is 12.6 Å². The molecule has 2 aromatic carbocycles. The molecule has 0 saturated carbocycles. The van der Waals surface area contributed by atoms with Gasteiger partial charge in [-0.2, -0.15) is 4.98 Å². The maximum Gasteiger partial charge on any atom is 0.263 e. The zero-order valence-corrected chi connectivity index (χ0v) is 16.4. The molecule has 0 N–H and O–H groups in total. The van der Waals surface area contributed by atoms with E-state index in [-0.39, 0.29) is 12.5 Å². The average Bonchev–Trinajstić information content (AvgIpc) is 3.17. The minimum atomic E-state index is -0.630. The van der Waals surface area contributed by atoms with Gasteiger partial charge in [0.1, 0.15) is 11.5 Å². The summed E-state index contributed by atoms with van der Waals surface area (Å²) >= 11 is 0. The standard InChI is InChI=1S/C21H23N3O4/c1-14-7-5-6-8-18(14)27-15(2)21(25)24(3)13-19-22-20(23-28-19)16-9-11-17(26-4)12-10-16/h5-12,15H,13H2,1-4H3. The second-order valence-electron chi connectivity index (χ2n) is 6.46. The summed E-state index contributed by atoms with van der Waals surface area (Å²) in [4.78, 5) is 18.5. The van der Waals surface area contributed by atoms with Crippen LogP contribution in [0.4, 0.5) is 0 Å². The second kappa shape index (κ2) is 8.56. The third-order valence-corrected chi connectivity index (χ3v) is 4.31. The fraction of sp³-hybridized carbons (Fsp3) is 0.286. The lowest BCUT2D eigenvalue weighted by Gasteiger charge is -2.21. The van der Waals surface area contributed by atoms with Crippen LogP contribution in [-0.4, -0.2) is 41.2 Å². The summed E-state index contributed by atoms with van der Waals surface area (Å²) in [7, 11) is 3.29. The number of aryl methyl sites for hydroxylation is 1. The molecular weight excluding hydrogens is 358 g/mol. The highest BCUT2D eigenvalue weighted by molar-refractivity contribution is 5.80. The SMILES string of the molecule is COc1ccc(-c2noc(CN(C)C(=O)C(C)Oc3ccccc3C)n2)cc1. The second-order valence-corrected chi connectivity index (χ2v) is 6.46. The van der Waals surface area contributed by atoms with Crippen molar-refractivity contribution in [2.24, 2.45) is 0 Å². The first-order valence-corrected chi connectivity index (χ1v) is 8.92. The summed E-state index contributed by atoms with van der Waals surface area (Å²) < 4.78 is 16.2. The summed E-state index contributed by atoms with van der Waals surface area (Å²) in [5, 5.41) is 3.98. The van der Waals surface area contributed by atoms with Gasteiger partial charge < -0.3 is 18.9 Å². The van der Waals surface area contributed by atoms with Crippen molar-refractivity contribution in [3.05, 3.63) is 60.0 Å². The van der Waals surface area contributed by atoms with Gasteiger partial charge >= 0.3 is 0 Å². The Balaban J connectivity index is 1.62. The molecule has 0 aliphatic heterocycles. The molecule has 0 fully saturated rings. The Morgan fingerprint density at radius 2 is 1.89 bits per heavy atom. The van der Waals surface area contributed by atoms with Crippen LogP contribution < -0.4 is 9.47 Å². The van der Waals surface area contributed by atoms with Gasteiger partial charge in [-0.05, 0) is 49.7 Å². The molecule has 3 aromatic rings. The zero-order valence-electron chi connectivity index (χ0n) is 16.4. The number of para-hydroxylation sites is 1. The first kappa shape index (κ1) is 19.4. The van der Waals surface area contributed by atoms with Gasteiger partial charge in [-0.1, -0.05) is 23.4 Å². The summed E-state index contributed by atoms with van der Waals surface area (Å²) in [6, 6.07) is 14.9. The van der Waals surface area contributed by atoms with Crippen molar-refractivity contribution in [3.8, 4) is 22.9 Å². The minimum Gasteiger partial charge on any atom is -0.497 e. The van der Waals surface area contributed by atoms with Gasteiger partial charge in [0.05, 0.1) is 13.7 Å². The van der Waals surface area contributed by atoms with E-state index in [0.29, 0.717) is 17.5 Å². The molecule has 1 heterocycles. The van der Waals surface area contributed by atoms with Crippen LogP contribution in [-0.2, 0) is 11.3 Å². The highest BCUT2D eigenvalue weighted by Crippen LogP contribution is 2.21. The van der Waals surface area contributed by atoms with E-state index in [9.17, 15) is 4.79 Å². The van der Waals surface area contributed by atoms with Gasteiger partial charge in [0.15, 0.2) is 6.10 Å². The highest BCUT2D eigenvalue weighted by atomic mass is 16.5. The van der Waals surface area contributed by atoms with Crippen molar-refractivity contribution in [2.45, 2.75) is 26.5 Å². The van der Waals surface area contributed by atoms with Crippen LogP contribution in [0.5, 0.6) is 11.5 Å². The number of hydrogen-bond acceptors (Lipinski definition) is 6. The molecule has 7 heteroatoms. The first-order chi connectivity index (χ1) is 13.5. The van der Waals surface area contributed by atoms with Gasteiger partial charge in [-0.3, -0.25) is 4.79 Å². The topological polar surface area (TPSA) is 77.7 Å². The van der Waals surface area contributed by atoms with E-state index < -0.39 is 6.10 Å². The molecule has 0 aliphatic rings. The van der Waals surface area contributed by atoms with Crippen LogP contribution in [0.15, 0.2) is 53.1 Å². The molecule has 0 radical (unpaired) electrons. The molecule has 28 heavy (non-hydrogen) atoms. The first-order valence-electron chi connectivity index (χ1n) is 8.92. The molecule has 1 unspecified atom stereocenters. The third-order valence-electron chi connectivity index (χ3n) is 4.31. The van der Waals surface area contributed by atoms with Crippen molar-refractivity contribution < 1.29 is 18.8 Å². The van der Waals surface area contributed by atoms with E-state index in [1.807, 2.05) is 55.5 Å². The number of ether oxygens (including phenoxy) is 2. The Kier molecular flexibility index (Phi) is 5.93. The summed E-state index contributed by atoms with van der Waals surface area (Å²) in [5.41, 5.74) is 1.78. The van der Waals surface area contributed by atoms with Crippen LogP contribution in [0.1, 0.15) is 18.4 Å². The van der Waals surface area contributed by atoms with Crippen molar-refractivity contribution in [1.82, 2.24) is 15.0 Å². The Morgan fingerprint density at radius 3 is 2.57 bits per heavy atom. The largest absolute Gasteiger partial charge is 0.497 e. The number of amides is 1. The van der Waals surface area contributed by atoms with E-state index in [0.717, 1.165) is 16.9 Å². The number of rotatable bonds is 7. The summed E-state index contributed by atoms with van der Waals surface area (Å²) in [6.45, 7) is 3.86. The number of benzene rings is 2. The quantitative estimate of drug-likeness (QED) is 0.624. The molecular formula is C21H23N3O4. The predicted octanol–water partition coefficient (Wildman–Crippen LogP) is 3.48. The zero-order chi connectivity index (χ0) is 20.1. The van der Waals surface area contributed by atoms with Crippen molar-refractivity contribution in [3.63, 3.8) is 0 Å². The van der Waals surface area contributed by atoms with Crippen molar-refractivity contribution in [1.29, 1.82) is 0 Å². The number of carbonyl (C=O) groups excluding carboxylic acids is 1. The van der Waals surface area contributed by atoms with E-state index in [1.165, 1.54) is 4.90 Å². The number of carbonyl (C=O) groups is 1. The van der Waals surface area contributed by atoms with Crippen LogP contribution in [0.2, 0.25) is 0 Å². The number of aromatic nitrogens is 2. The van der Waals surface area contributed by atoms with E-state index in [4.69, 9.17) is 14.0 Å². The van der Waals surface area contributed by atoms with Crippen LogP contribution >= 0.6 is 0 Å². The Bertz CT molecular complexity index is 937. The Labute approximate surface area is 163 Å². The van der Waals surface area contributed by atoms with E-state index in [1.54, 1.807) is 21.1 Å². The maximum atomic E-state index is 12.6. The lowest BCUT2D eigenvalue weighted by atomic mass is 10.2. The molecule has 0 bridgehead atoms. The Morgan fingerprint density at radius 1 is 1.18 bits per heavy atom. The Hall–Kier alpha value is -3.35. The molecule has 7 nitrogen and oxygen atoms in total. The van der Waals surface area contributed by atoms with Crippen molar-refractivity contribution in [2.75, 3.05) is 14.2 Å². The summed E-state index contributed by atoms with van der Waals surface area (Å²) in [6.07, 6.45) is -0.630. The number of likely N-dealkylation sites (N-methyl/N-ethyl adjacent to an activating group) is 1. The predicted molar refractivity (Wildman–Crippen MR) is 104 cm³/mol. The number of hydrogen-bond donors (Lipinski definition) is 0. The van der Waals surface area contributed by atoms with Gasteiger partial charge in [0.25, 0.3) is 5.91 Å². The molecule has 1 atom stereocenters. The van der Waals surface area contributed by atoms with Gasteiger partial charge in [0.2, 0.25) is 11.7 Å². The smallest absolute Gasteiger partial charge is 0.263 e. The lowest BCUT2D eigenvalue weighted by molar-refractivity contribution is -0.137. The average molecular weight is 381 g/mol. The minimum absolute atomic E-state index is 0.174. The normalized spacial score (nSPS) is 11.7. The molecule has 0 saturated heterocycles. The van der Waals surface area contributed by atoms with E-state index in [2.05, 4.69) is 10.1 Å². The van der Waals surface area contributed by atoms with Gasteiger partial charge in [-0.25, -0.2) is 0 Å². The molecule has 0 spiro atoms. The monoisotopic (exact) mass is 381 g/mol. The van der Waals surface area contributed by atoms with E-state index >= 15 is 0 Å². The fourth-order valence-corrected chi connectivity index (χ4v) is 2.70. The molecule has 3 rings (SSSR count). The maximum absolute atomic E-state index is 12.6. The van der Waals surface area contributed by atoms with Crippen molar-refractivity contribution >= 4 is 5.91 Å². The third kappa shape index (κ3) is 4.49. The highest BCUT2D eigenvalue weighted by Gasteiger charge is 2.22. The summed E-state index contributed by atoms with van der Waals surface area (Å²) in [5.74, 6) is 2.08. The van der Waals surface area contributed by atoms with Crippen LogP contribution in [0.3, 0.4) is 0 Å². The van der Waals surface area contributed by atoms with Crippen LogP contribution in [0, 0.1) is 6.92 Å². The molecule has 1 amide bonds. The molecule has 1 aromatic heterocycles. The number of methoxy groups -OCH3 is 1. The molecule has 146 valence electrons. The lowest BCUT2D eigenvalue weighted by Crippen LogP contribution is -2.37. The number of nitrogens with zero attached hydrogens (tertiary/aromatic N) is 3.